The highest BCUT2D eigenvalue weighted by molar-refractivity contribution is 5.13. The molecule has 1 heterocycles. The third-order valence-electron chi connectivity index (χ3n) is 7.61. The van der Waals surface area contributed by atoms with Crippen molar-refractivity contribution in [2.75, 3.05) is 19.6 Å². The minimum absolute atomic E-state index is 1.26. The van der Waals surface area contributed by atoms with E-state index in [1.807, 2.05) is 0 Å². The fraction of sp³-hybridized carbons (Fsp3) is 0.800. The maximum Gasteiger partial charge on any atom is 0.104 e. The number of nitrogens with zero attached hydrogens (tertiary/aromatic N) is 1. The van der Waals surface area contributed by atoms with Crippen molar-refractivity contribution in [2.24, 2.45) is 0 Å². The zero-order valence-corrected chi connectivity index (χ0v) is 21.1. The van der Waals surface area contributed by atoms with Crippen LogP contribution in [0.15, 0.2) is 30.3 Å². The summed E-state index contributed by atoms with van der Waals surface area (Å²) in [6, 6.07) is 11.2. The smallest absolute Gasteiger partial charge is 0.104 e. The molecule has 1 heteroatoms. The summed E-state index contributed by atoms with van der Waals surface area (Å²) < 4.78 is 1.36. The van der Waals surface area contributed by atoms with Gasteiger partial charge in [-0.3, -0.25) is 0 Å². The molecule has 0 saturated carbocycles. The fourth-order valence-electron chi connectivity index (χ4n) is 5.61. The highest BCUT2D eigenvalue weighted by atomic mass is 15.4. The Hall–Kier alpha value is -0.820. The zero-order chi connectivity index (χ0) is 21.9. The van der Waals surface area contributed by atoms with Gasteiger partial charge in [0.05, 0.1) is 19.6 Å². The first kappa shape index (κ1) is 26.4. The molecule has 1 aromatic carbocycles. The van der Waals surface area contributed by atoms with Gasteiger partial charge in [-0.15, -0.1) is 0 Å². The van der Waals surface area contributed by atoms with Crippen LogP contribution in [0, 0.1) is 0 Å². The van der Waals surface area contributed by atoms with Crippen LogP contribution in [0.25, 0.3) is 0 Å². The maximum atomic E-state index is 2.33. The van der Waals surface area contributed by atoms with Crippen LogP contribution < -0.4 is 0 Å². The second-order valence-electron chi connectivity index (χ2n) is 10.5. The molecule has 1 aliphatic rings. The molecule has 0 spiro atoms. The Balaban J connectivity index is 1.37. The number of hydrogen-bond donors (Lipinski definition) is 0. The Kier molecular flexibility index (Phi) is 15.1. The van der Waals surface area contributed by atoms with Gasteiger partial charge in [-0.2, -0.15) is 0 Å². The summed E-state index contributed by atoms with van der Waals surface area (Å²) in [5, 5.41) is 0. The average molecular weight is 429 g/mol. The van der Waals surface area contributed by atoms with Crippen LogP contribution in [0.5, 0.6) is 0 Å². The van der Waals surface area contributed by atoms with Gasteiger partial charge in [-0.25, -0.2) is 0 Å². The molecule has 31 heavy (non-hydrogen) atoms. The molecule has 0 radical (unpaired) electrons. The summed E-state index contributed by atoms with van der Waals surface area (Å²) in [6.07, 6.45) is 27.8. The van der Waals surface area contributed by atoms with Gasteiger partial charge in [-0.1, -0.05) is 134 Å². The van der Waals surface area contributed by atoms with Crippen molar-refractivity contribution in [3.05, 3.63) is 35.9 Å². The predicted octanol–water partition coefficient (Wildman–Crippen LogP) is 9.45. The number of benzene rings is 1. The fourth-order valence-corrected chi connectivity index (χ4v) is 5.61. The summed E-state index contributed by atoms with van der Waals surface area (Å²) in [4.78, 5) is 0. The van der Waals surface area contributed by atoms with E-state index in [4.69, 9.17) is 0 Å². The first-order valence-corrected chi connectivity index (χ1v) is 14.2. The number of likely N-dealkylation sites (tertiary alicyclic amines) is 1. The number of quaternary nitrogens is 1. The lowest BCUT2D eigenvalue weighted by molar-refractivity contribution is -0.930. The molecule has 1 saturated heterocycles. The van der Waals surface area contributed by atoms with Crippen LogP contribution in [-0.4, -0.2) is 24.1 Å². The van der Waals surface area contributed by atoms with E-state index in [1.165, 1.54) is 158 Å². The van der Waals surface area contributed by atoms with E-state index >= 15 is 0 Å². The van der Waals surface area contributed by atoms with Crippen LogP contribution in [0.3, 0.4) is 0 Å². The summed E-state index contributed by atoms with van der Waals surface area (Å²) in [5.41, 5.74) is 1.54. The molecule has 0 aromatic heterocycles. The third-order valence-corrected chi connectivity index (χ3v) is 7.61. The second-order valence-corrected chi connectivity index (χ2v) is 10.5. The average Bonchev–Trinajstić information content (AvgIpc) is 3.25. The summed E-state index contributed by atoms with van der Waals surface area (Å²) in [5.74, 6) is 0. The molecule has 0 aliphatic carbocycles. The molecule has 0 atom stereocenters. The minimum atomic E-state index is 1.26. The number of rotatable bonds is 20. The minimum Gasteiger partial charge on any atom is -0.320 e. The highest BCUT2D eigenvalue weighted by Gasteiger charge is 2.31. The molecule has 1 aliphatic heterocycles. The molecule has 0 N–H and O–H groups in total. The Morgan fingerprint density at radius 2 is 0.968 bits per heavy atom. The maximum absolute atomic E-state index is 2.33. The van der Waals surface area contributed by atoms with Crippen molar-refractivity contribution in [3.63, 3.8) is 0 Å². The molecule has 1 nitrogen and oxygen atoms in total. The van der Waals surface area contributed by atoms with Gasteiger partial charge in [-0.05, 0) is 12.8 Å². The van der Waals surface area contributed by atoms with E-state index in [2.05, 4.69) is 37.3 Å². The second kappa shape index (κ2) is 17.7. The Labute approximate surface area is 195 Å². The summed E-state index contributed by atoms with van der Waals surface area (Å²) in [7, 11) is 0. The normalized spacial score (nSPS) is 15.5. The first-order chi connectivity index (χ1) is 15.3. The lowest BCUT2D eigenvalue weighted by Crippen LogP contribution is -2.45. The largest absolute Gasteiger partial charge is 0.320 e. The van der Waals surface area contributed by atoms with Gasteiger partial charge in [0.2, 0.25) is 0 Å². The van der Waals surface area contributed by atoms with Gasteiger partial charge in [0.1, 0.15) is 6.54 Å². The van der Waals surface area contributed by atoms with Crippen LogP contribution in [0.1, 0.15) is 134 Å². The summed E-state index contributed by atoms with van der Waals surface area (Å²) in [6.45, 7) is 7.80. The van der Waals surface area contributed by atoms with Crippen LogP contribution >= 0.6 is 0 Å². The number of hydrogen-bond acceptors (Lipinski definition) is 0. The SMILES string of the molecule is CCCCCCCCCCCCCCCCCCC[N+]1(Cc2ccccc2)CCCC1. The molecule has 2 rings (SSSR count). The third kappa shape index (κ3) is 12.7. The number of unbranched alkanes of at least 4 members (excludes halogenated alkanes) is 16. The van der Waals surface area contributed by atoms with Crippen molar-refractivity contribution >= 4 is 0 Å². The van der Waals surface area contributed by atoms with E-state index in [9.17, 15) is 0 Å². The standard InChI is InChI=1S/C30H54N/c1-2-3-4-5-6-7-8-9-10-11-12-13-14-15-16-17-21-26-31(27-22-23-28-31)29-30-24-19-18-20-25-30/h18-20,24-25H,2-17,21-23,26-29H2,1H3/q+1. The van der Waals surface area contributed by atoms with Gasteiger partial charge < -0.3 is 4.48 Å². The van der Waals surface area contributed by atoms with E-state index in [0.29, 0.717) is 0 Å². The first-order valence-electron chi connectivity index (χ1n) is 14.2. The quantitative estimate of drug-likeness (QED) is 0.143. The monoisotopic (exact) mass is 428 g/mol. The van der Waals surface area contributed by atoms with Crippen LogP contribution in [-0.2, 0) is 6.54 Å². The van der Waals surface area contributed by atoms with Gasteiger partial charge in [0, 0.05) is 18.4 Å². The Morgan fingerprint density at radius 1 is 0.548 bits per heavy atom. The van der Waals surface area contributed by atoms with Crippen molar-refractivity contribution in [2.45, 2.75) is 135 Å². The molecule has 0 unspecified atom stereocenters. The molecule has 178 valence electrons. The summed E-state index contributed by atoms with van der Waals surface area (Å²) >= 11 is 0. The van der Waals surface area contributed by atoms with E-state index in [0.717, 1.165) is 0 Å². The molecule has 1 fully saturated rings. The molecule has 1 aromatic rings. The van der Waals surface area contributed by atoms with Crippen LogP contribution in [0.4, 0.5) is 0 Å². The van der Waals surface area contributed by atoms with Crippen molar-refractivity contribution in [1.29, 1.82) is 0 Å². The molecule has 0 bridgehead atoms. The molecule has 0 amide bonds. The topological polar surface area (TPSA) is 0 Å². The predicted molar refractivity (Wildman–Crippen MR) is 138 cm³/mol. The van der Waals surface area contributed by atoms with Crippen molar-refractivity contribution < 1.29 is 4.48 Å². The van der Waals surface area contributed by atoms with Gasteiger partial charge >= 0.3 is 0 Å². The van der Waals surface area contributed by atoms with Crippen molar-refractivity contribution in [1.82, 2.24) is 0 Å². The molecular formula is C30H54N+. The van der Waals surface area contributed by atoms with Gasteiger partial charge in [0.25, 0.3) is 0 Å². The lowest BCUT2D eigenvalue weighted by atomic mass is 10.0. The van der Waals surface area contributed by atoms with Crippen molar-refractivity contribution in [3.8, 4) is 0 Å². The van der Waals surface area contributed by atoms with Gasteiger partial charge in [0.15, 0.2) is 0 Å². The van der Waals surface area contributed by atoms with Crippen LogP contribution in [0.2, 0.25) is 0 Å². The molecular weight excluding hydrogens is 374 g/mol. The van der Waals surface area contributed by atoms with E-state index in [1.54, 1.807) is 0 Å². The van der Waals surface area contributed by atoms with E-state index < -0.39 is 0 Å². The highest BCUT2D eigenvalue weighted by Crippen LogP contribution is 2.25. The van der Waals surface area contributed by atoms with E-state index in [-0.39, 0.29) is 0 Å². The zero-order valence-electron chi connectivity index (χ0n) is 21.1. The Bertz CT molecular complexity index is 502. The lowest BCUT2D eigenvalue weighted by Gasteiger charge is -2.34. The Morgan fingerprint density at radius 3 is 1.42 bits per heavy atom.